The lowest BCUT2D eigenvalue weighted by atomic mass is 10.3. The second-order valence-electron chi connectivity index (χ2n) is 2.70. The molecule has 0 aliphatic rings. The van der Waals surface area contributed by atoms with Crippen LogP contribution in [0.2, 0.25) is 0 Å². The molecule has 0 saturated heterocycles. The first-order chi connectivity index (χ1) is 5.52. The van der Waals surface area contributed by atoms with E-state index in [1.807, 2.05) is 32.9 Å². The van der Waals surface area contributed by atoms with Gasteiger partial charge in [0.2, 0.25) is 0 Å². The first-order valence-electron chi connectivity index (χ1n) is 3.91. The summed E-state index contributed by atoms with van der Waals surface area (Å²) in [5.74, 6) is 0. The summed E-state index contributed by atoms with van der Waals surface area (Å²) >= 11 is 11.4. The van der Waals surface area contributed by atoms with Crippen LogP contribution < -0.4 is 5.32 Å². The molecule has 12 heavy (non-hydrogen) atoms. The molecular weight excluding hydrogens is 193 g/mol. The number of hydrogen-bond donors (Lipinski definition) is 1. The first-order valence-corrected chi connectivity index (χ1v) is 4.72. The van der Waals surface area contributed by atoms with Gasteiger partial charge in [0.15, 0.2) is 0 Å². The molecule has 0 aliphatic heterocycles. The van der Waals surface area contributed by atoms with Crippen LogP contribution in [-0.4, -0.2) is 11.9 Å². The zero-order chi connectivity index (χ0) is 9.56. The van der Waals surface area contributed by atoms with Gasteiger partial charge in [-0.1, -0.05) is 17.7 Å². The van der Waals surface area contributed by atoms with Crippen molar-refractivity contribution in [1.82, 2.24) is 5.32 Å². The molecule has 0 rings (SSSR count). The lowest BCUT2D eigenvalue weighted by molar-refractivity contribution is 0.890. The van der Waals surface area contributed by atoms with E-state index in [4.69, 9.17) is 23.2 Å². The highest BCUT2D eigenvalue weighted by Crippen LogP contribution is 2.00. The smallest absolute Gasteiger partial charge is 0.0507 e. The Balaban J connectivity index is 3.71. The Morgan fingerprint density at radius 3 is 2.50 bits per heavy atom. The van der Waals surface area contributed by atoms with Crippen molar-refractivity contribution in [3.63, 3.8) is 0 Å². The second-order valence-corrected chi connectivity index (χ2v) is 3.98. The molecule has 0 aromatic rings. The Morgan fingerprint density at radius 2 is 2.08 bits per heavy atom. The van der Waals surface area contributed by atoms with Gasteiger partial charge in [0.05, 0.1) is 5.38 Å². The van der Waals surface area contributed by atoms with Gasteiger partial charge in [-0.2, -0.15) is 0 Å². The van der Waals surface area contributed by atoms with Crippen LogP contribution in [0.1, 0.15) is 20.8 Å². The Labute approximate surface area is 84.4 Å². The molecule has 0 bridgehead atoms. The molecular formula is C9H15Cl2N. The number of allylic oxidation sites excluding steroid dienone is 3. The highest BCUT2D eigenvalue weighted by Gasteiger charge is 1.91. The maximum absolute atomic E-state index is 5.76. The molecule has 1 atom stereocenters. The lowest BCUT2D eigenvalue weighted by Gasteiger charge is -2.03. The van der Waals surface area contributed by atoms with E-state index >= 15 is 0 Å². The lowest BCUT2D eigenvalue weighted by Crippen LogP contribution is -2.11. The first kappa shape index (κ1) is 11.9. The van der Waals surface area contributed by atoms with Crippen molar-refractivity contribution in [3.8, 4) is 0 Å². The molecule has 0 amide bonds. The van der Waals surface area contributed by atoms with Gasteiger partial charge < -0.3 is 5.32 Å². The maximum atomic E-state index is 5.76. The van der Waals surface area contributed by atoms with Crippen LogP contribution in [-0.2, 0) is 0 Å². The minimum Gasteiger partial charge on any atom is -0.385 e. The van der Waals surface area contributed by atoms with E-state index in [0.29, 0.717) is 0 Å². The third-order valence-corrected chi connectivity index (χ3v) is 1.52. The fraction of sp³-hybridized carbons (Fsp3) is 0.556. The normalized spacial score (nSPS) is 16.1. The molecule has 1 unspecified atom stereocenters. The SMILES string of the molecule is C/C(Cl)=C\CN/C(C)=C/C(C)Cl. The average Bonchev–Trinajstić information content (AvgIpc) is 1.84. The van der Waals surface area contributed by atoms with Gasteiger partial charge in [-0.15, -0.1) is 11.6 Å². The number of alkyl halides is 1. The summed E-state index contributed by atoms with van der Waals surface area (Å²) in [5.41, 5.74) is 1.08. The van der Waals surface area contributed by atoms with Crippen molar-refractivity contribution in [2.75, 3.05) is 6.54 Å². The maximum Gasteiger partial charge on any atom is 0.0507 e. The van der Waals surface area contributed by atoms with Gasteiger partial charge in [-0.05, 0) is 26.8 Å². The molecule has 70 valence electrons. The molecule has 0 fully saturated rings. The van der Waals surface area contributed by atoms with E-state index in [9.17, 15) is 0 Å². The summed E-state index contributed by atoms with van der Waals surface area (Å²) in [6.07, 6.45) is 3.87. The predicted octanol–water partition coefficient (Wildman–Crippen LogP) is 3.25. The zero-order valence-electron chi connectivity index (χ0n) is 7.70. The molecule has 0 aromatic carbocycles. The number of hydrogen-bond acceptors (Lipinski definition) is 1. The average molecular weight is 208 g/mol. The Bertz CT molecular complexity index is 179. The Morgan fingerprint density at radius 1 is 1.50 bits per heavy atom. The predicted molar refractivity (Wildman–Crippen MR) is 56.7 cm³/mol. The van der Waals surface area contributed by atoms with Crippen LogP contribution in [0.3, 0.4) is 0 Å². The van der Waals surface area contributed by atoms with Crippen LogP contribution in [0, 0.1) is 0 Å². The number of rotatable bonds is 4. The summed E-state index contributed by atoms with van der Waals surface area (Å²) in [4.78, 5) is 0. The summed E-state index contributed by atoms with van der Waals surface area (Å²) in [6, 6.07) is 0. The summed E-state index contributed by atoms with van der Waals surface area (Å²) < 4.78 is 0. The van der Waals surface area contributed by atoms with Crippen LogP contribution in [0.4, 0.5) is 0 Å². The van der Waals surface area contributed by atoms with Crippen LogP contribution in [0.15, 0.2) is 22.9 Å². The number of halogens is 2. The topological polar surface area (TPSA) is 12.0 Å². The zero-order valence-corrected chi connectivity index (χ0v) is 9.21. The fourth-order valence-corrected chi connectivity index (χ4v) is 1.02. The van der Waals surface area contributed by atoms with Crippen LogP contribution in [0.25, 0.3) is 0 Å². The Kier molecular flexibility index (Phi) is 6.31. The third-order valence-electron chi connectivity index (χ3n) is 1.24. The van der Waals surface area contributed by atoms with E-state index in [0.717, 1.165) is 17.3 Å². The van der Waals surface area contributed by atoms with Gasteiger partial charge in [-0.3, -0.25) is 0 Å². The second kappa shape index (κ2) is 6.38. The molecule has 3 heteroatoms. The number of nitrogens with one attached hydrogen (secondary N) is 1. The van der Waals surface area contributed by atoms with Crippen molar-refractivity contribution >= 4 is 23.2 Å². The standard InChI is InChI=1S/C9H15Cl2N/c1-7(10)4-5-12-9(3)6-8(2)11/h4,6,8,12H,5H2,1-3H3/b7-4+,9-6+. The quantitative estimate of drug-likeness (QED) is 0.699. The van der Waals surface area contributed by atoms with Gasteiger partial charge in [0.1, 0.15) is 0 Å². The van der Waals surface area contributed by atoms with Crippen molar-refractivity contribution in [3.05, 3.63) is 22.9 Å². The van der Waals surface area contributed by atoms with Gasteiger partial charge in [0, 0.05) is 17.3 Å². The molecule has 0 spiro atoms. The van der Waals surface area contributed by atoms with Gasteiger partial charge >= 0.3 is 0 Å². The molecule has 0 radical (unpaired) electrons. The molecule has 0 saturated carbocycles. The van der Waals surface area contributed by atoms with Crippen LogP contribution >= 0.6 is 23.2 Å². The summed E-state index contributed by atoms with van der Waals surface area (Å²) in [6.45, 7) is 6.51. The molecule has 0 aliphatic carbocycles. The minimum absolute atomic E-state index is 0.0681. The molecule has 1 nitrogen and oxygen atoms in total. The minimum atomic E-state index is 0.0681. The molecule has 1 N–H and O–H groups in total. The van der Waals surface area contributed by atoms with Crippen molar-refractivity contribution < 1.29 is 0 Å². The van der Waals surface area contributed by atoms with Crippen molar-refractivity contribution in [2.45, 2.75) is 26.1 Å². The van der Waals surface area contributed by atoms with Crippen LogP contribution in [0.5, 0.6) is 0 Å². The summed E-state index contributed by atoms with van der Waals surface area (Å²) in [5, 5.41) is 4.03. The largest absolute Gasteiger partial charge is 0.385 e. The van der Waals surface area contributed by atoms with E-state index in [-0.39, 0.29) is 5.38 Å². The van der Waals surface area contributed by atoms with E-state index in [1.54, 1.807) is 0 Å². The van der Waals surface area contributed by atoms with Gasteiger partial charge in [0.25, 0.3) is 0 Å². The third kappa shape index (κ3) is 7.96. The Hall–Kier alpha value is -0.140. The van der Waals surface area contributed by atoms with Crippen molar-refractivity contribution in [1.29, 1.82) is 0 Å². The van der Waals surface area contributed by atoms with E-state index in [2.05, 4.69) is 5.32 Å². The molecule has 0 aromatic heterocycles. The van der Waals surface area contributed by atoms with Crippen molar-refractivity contribution in [2.24, 2.45) is 0 Å². The van der Waals surface area contributed by atoms with E-state index in [1.165, 1.54) is 0 Å². The molecule has 0 heterocycles. The highest BCUT2D eigenvalue weighted by molar-refractivity contribution is 6.29. The fourth-order valence-electron chi connectivity index (χ4n) is 0.756. The van der Waals surface area contributed by atoms with E-state index < -0.39 is 0 Å². The van der Waals surface area contributed by atoms with Gasteiger partial charge in [-0.25, -0.2) is 0 Å². The highest BCUT2D eigenvalue weighted by atomic mass is 35.5. The summed E-state index contributed by atoms with van der Waals surface area (Å²) in [7, 11) is 0. The monoisotopic (exact) mass is 207 g/mol.